The van der Waals surface area contributed by atoms with Gasteiger partial charge in [0.15, 0.2) is 11.9 Å². The van der Waals surface area contributed by atoms with Crippen molar-refractivity contribution in [3.8, 4) is 0 Å². The Balaban J connectivity index is 2.09. The molecular weight excluding hydrogens is 346 g/mol. The second-order valence-corrected chi connectivity index (χ2v) is 7.38. The van der Waals surface area contributed by atoms with E-state index in [1.54, 1.807) is 6.07 Å². The number of benzene rings is 2. The minimum atomic E-state index is -3.96. The molecule has 0 saturated carbocycles. The van der Waals surface area contributed by atoms with Crippen LogP contribution in [0.3, 0.4) is 0 Å². The zero-order chi connectivity index (χ0) is 18.4. The largest absolute Gasteiger partial charge is 0.449 e. The highest BCUT2D eigenvalue weighted by molar-refractivity contribution is 7.91. The van der Waals surface area contributed by atoms with Crippen LogP contribution in [0.2, 0.25) is 0 Å². The highest BCUT2D eigenvalue weighted by Gasteiger charge is 2.35. The molecule has 8 heteroatoms. The summed E-state index contributed by atoms with van der Waals surface area (Å²) in [5, 5.41) is 0. The quantitative estimate of drug-likeness (QED) is 0.699. The van der Waals surface area contributed by atoms with Crippen molar-refractivity contribution in [2.45, 2.75) is 22.8 Å². The molecule has 0 saturated heterocycles. The van der Waals surface area contributed by atoms with Gasteiger partial charge in [-0.15, -0.1) is 0 Å². The van der Waals surface area contributed by atoms with Crippen molar-refractivity contribution in [2.75, 3.05) is 0 Å². The summed E-state index contributed by atoms with van der Waals surface area (Å²) >= 11 is 0. The summed E-state index contributed by atoms with van der Waals surface area (Å²) < 4.78 is 30.4. The third kappa shape index (κ3) is 2.70. The number of hydrogen-bond acceptors (Lipinski definition) is 6. The predicted molar refractivity (Wildman–Crippen MR) is 85.8 cm³/mol. The fourth-order valence-corrected chi connectivity index (χ4v) is 4.18. The maximum absolute atomic E-state index is 12.8. The number of primary amides is 1. The first-order valence-corrected chi connectivity index (χ1v) is 8.75. The van der Waals surface area contributed by atoms with Crippen molar-refractivity contribution in [1.29, 1.82) is 0 Å². The third-order valence-corrected chi connectivity index (χ3v) is 5.71. The van der Waals surface area contributed by atoms with Crippen molar-refractivity contribution in [2.24, 2.45) is 5.73 Å². The molecule has 1 aliphatic heterocycles. The average Bonchev–Trinajstić information content (AvgIpc) is 2.59. The van der Waals surface area contributed by atoms with Gasteiger partial charge in [0.25, 0.3) is 5.91 Å². The van der Waals surface area contributed by atoms with Gasteiger partial charge in [0.2, 0.25) is 9.84 Å². The molecule has 2 aromatic rings. The van der Waals surface area contributed by atoms with Gasteiger partial charge in [0.05, 0.1) is 15.4 Å². The number of ether oxygens (including phenoxy) is 1. The standard InChI is InChI=1S/C17H13NO6S/c1-9(16(18)20)24-17(21)10-6-7-12-14(8-10)25(22,23)13-5-3-2-4-11(13)15(12)19/h2-9H,1H3,(H2,18,20)/t9-/m1/s1. The Kier molecular flexibility index (Phi) is 3.92. The molecule has 1 atom stereocenters. The van der Waals surface area contributed by atoms with Crippen LogP contribution in [0.5, 0.6) is 0 Å². The van der Waals surface area contributed by atoms with Crippen molar-refractivity contribution in [3.63, 3.8) is 0 Å². The summed E-state index contributed by atoms with van der Waals surface area (Å²) in [6, 6.07) is 9.48. The van der Waals surface area contributed by atoms with E-state index in [-0.39, 0.29) is 26.5 Å². The molecule has 3 rings (SSSR count). The first-order valence-electron chi connectivity index (χ1n) is 7.26. The number of esters is 1. The topological polar surface area (TPSA) is 121 Å². The van der Waals surface area contributed by atoms with Crippen LogP contribution in [0.25, 0.3) is 0 Å². The molecule has 7 nitrogen and oxygen atoms in total. The molecule has 0 fully saturated rings. The van der Waals surface area contributed by atoms with E-state index in [0.29, 0.717) is 0 Å². The Labute approximate surface area is 143 Å². The lowest BCUT2D eigenvalue weighted by Gasteiger charge is -2.19. The molecule has 1 aliphatic rings. The fraction of sp³-hybridized carbons (Fsp3) is 0.118. The van der Waals surface area contributed by atoms with E-state index in [1.165, 1.54) is 37.3 Å². The number of sulfone groups is 1. The zero-order valence-corrected chi connectivity index (χ0v) is 13.9. The second-order valence-electron chi connectivity index (χ2n) is 5.49. The molecule has 1 heterocycles. The summed E-state index contributed by atoms with van der Waals surface area (Å²) in [5.74, 6) is -2.18. The van der Waals surface area contributed by atoms with E-state index in [0.717, 1.165) is 6.07 Å². The summed E-state index contributed by atoms with van der Waals surface area (Å²) in [7, 11) is -3.96. The SMILES string of the molecule is C[C@@H](OC(=O)c1ccc2c(c1)S(=O)(=O)c1ccccc1C2=O)C(N)=O. The van der Waals surface area contributed by atoms with E-state index in [1.807, 2.05) is 0 Å². The Hall–Kier alpha value is -3.00. The van der Waals surface area contributed by atoms with Crippen molar-refractivity contribution in [3.05, 3.63) is 59.2 Å². The van der Waals surface area contributed by atoms with Crippen LogP contribution in [0.15, 0.2) is 52.3 Å². The van der Waals surface area contributed by atoms with E-state index < -0.39 is 33.6 Å². The third-order valence-electron chi connectivity index (χ3n) is 3.86. The number of ketones is 1. The molecule has 2 N–H and O–H groups in total. The summed E-state index contributed by atoms with van der Waals surface area (Å²) in [5.41, 5.74) is 5.01. The summed E-state index contributed by atoms with van der Waals surface area (Å²) in [6.45, 7) is 1.30. The van der Waals surface area contributed by atoms with Gasteiger partial charge in [-0.3, -0.25) is 9.59 Å². The van der Waals surface area contributed by atoms with Gasteiger partial charge in [0.1, 0.15) is 0 Å². The van der Waals surface area contributed by atoms with Crippen molar-refractivity contribution in [1.82, 2.24) is 0 Å². The van der Waals surface area contributed by atoms with Gasteiger partial charge in [-0.2, -0.15) is 0 Å². The summed E-state index contributed by atoms with van der Waals surface area (Å²) in [6.07, 6.45) is -1.16. The average molecular weight is 359 g/mol. The van der Waals surface area contributed by atoms with E-state index in [4.69, 9.17) is 10.5 Å². The maximum Gasteiger partial charge on any atom is 0.338 e. The van der Waals surface area contributed by atoms with Crippen LogP contribution in [0, 0.1) is 0 Å². The molecule has 25 heavy (non-hydrogen) atoms. The molecule has 2 aromatic carbocycles. The smallest absolute Gasteiger partial charge is 0.338 e. The lowest BCUT2D eigenvalue weighted by molar-refractivity contribution is -0.125. The normalized spacial score (nSPS) is 15.6. The first-order chi connectivity index (χ1) is 11.7. The van der Waals surface area contributed by atoms with Crippen LogP contribution in [-0.2, 0) is 19.4 Å². The number of hydrogen-bond donors (Lipinski definition) is 1. The van der Waals surface area contributed by atoms with Gasteiger partial charge in [-0.1, -0.05) is 12.1 Å². The van der Waals surface area contributed by atoms with Crippen LogP contribution < -0.4 is 5.73 Å². The molecule has 0 unspecified atom stereocenters. The fourth-order valence-electron chi connectivity index (χ4n) is 2.50. The first kappa shape index (κ1) is 16.8. The number of carbonyl (C=O) groups excluding carboxylic acids is 3. The molecule has 1 amide bonds. The molecule has 0 radical (unpaired) electrons. The Bertz CT molecular complexity index is 1030. The van der Waals surface area contributed by atoms with E-state index >= 15 is 0 Å². The number of amides is 1. The number of nitrogens with two attached hydrogens (primary N) is 1. The van der Waals surface area contributed by atoms with Gasteiger partial charge in [-0.05, 0) is 37.3 Å². The van der Waals surface area contributed by atoms with Crippen molar-refractivity contribution >= 4 is 27.5 Å². The highest BCUT2D eigenvalue weighted by atomic mass is 32.2. The van der Waals surface area contributed by atoms with Gasteiger partial charge in [-0.25, -0.2) is 13.2 Å². The Morgan fingerprint density at radius 1 is 1.04 bits per heavy atom. The van der Waals surface area contributed by atoms with Crippen molar-refractivity contribution < 1.29 is 27.5 Å². The number of carbonyl (C=O) groups is 3. The van der Waals surface area contributed by atoms with Gasteiger partial charge in [0, 0.05) is 11.1 Å². The monoisotopic (exact) mass is 359 g/mol. The molecule has 0 aromatic heterocycles. The minimum Gasteiger partial charge on any atom is -0.449 e. The lowest BCUT2D eigenvalue weighted by Crippen LogP contribution is -2.30. The number of rotatable bonds is 3. The molecule has 0 bridgehead atoms. The Morgan fingerprint density at radius 3 is 2.36 bits per heavy atom. The van der Waals surface area contributed by atoms with E-state index in [2.05, 4.69) is 0 Å². The van der Waals surface area contributed by atoms with Crippen LogP contribution >= 0.6 is 0 Å². The molecular formula is C17H13NO6S. The van der Waals surface area contributed by atoms with Gasteiger partial charge < -0.3 is 10.5 Å². The predicted octanol–water partition coefficient (Wildman–Crippen LogP) is 1.09. The minimum absolute atomic E-state index is 0.0156. The van der Waals surface area contributed by atoms with Crippen LogP contribution in [-0.4, -0.2) is 32.2 Å². The highest BCUT2D eigenvalue weighted by Crippen LogP contribution is 2.34. The Morgan fingerprint density at radius 2 is 1.68 bits per heavy atom. The number of fused-ring (bicyclic) bond motifs is 2. The molecule has 128 valence electrons. The second kappa shape index (κ2) is 5.82. The maximum atomic E-state index is 12.8. The van der Waals surface area contributed by atoms with Gasteiger partial charge >= 0.3 is 5.97 Å². The van der Waals surface area contributed by atoms with Crippen LogP contribution in [0.1, 0.15) is 33.2 Å². The van der Waals surface area contributed by atoms with E-state index in [9.17, 15) is 22.8 Å². The molecule has 0 aliphatic carbocycles. The lowest BCUT2D eigenvalue weighted by atomic mass is 10.0. The zero-order valence-electron chi connectivity index (χ0n) is 13.1. The molecule has 0 spiro atoms. The van der Waals surface area contributed by atoms with Crippen LogP contribution in [0.4, 0.5) is 0 Å². The summed E-state index contributed by atoms with van der Waals surface area (Å²) in [4.78, 5) is 35.2.